The quantitative estimate of drug-likeness (QED) is 0.298. The predicted molar refractivity (Wildman–Crippen MR) is 145 cm³/mol. The van der Waals surface area contributed by atoms with Crippen molar-refractivity contribution >= 4 is 40.8 Å². The number of nitrogens with one attached hydrogen (secondary N) is 1. The summed E-state index contributed by atoms with van der Waals surface area (Å²) in [5.41, 5.74) is 3.12. The summed E-state index contributed by atoms with van der Waals surface area (Å²) in [6, 6.07) is 25.9. The van der Waals surface area contributed by atoms with Gasteiger partial charge in [0.05, 0.1) is 27.8 Å². The minimum absolute atomic E-state index is 0.0867. The Bertz CT molecular complexity index is 1350. The van der Waals surface area contributed by atoms with Crippen LogP contribution in [-0.2, 0) is 16.0 Å². The summed E-state index contributed by atoms with van der Waals surface area (Å²) in [6.07, 6.45) is 0.228. The van der Waals surface area contributed by atoms with Crippen molar-refractivity contribution in [2.45, 2.75) is 26.3 Å². The van der Waals surface area contributed by atoms with Crippen molar-refractivity contribution in [2.75, 3.05) is 11.9 Å². The Morgan fingerprint density at radius 2 is 1.58 bits per heavy atom. The molecule has 0 saturated carbocycles. The minimum Gasteiger partial charge on any atom is -0.331 e. The molecular weight excluding hydrogens is 495 g/mol. The molecule has 2 amide bonds. The third-order valence-corrected chi connectivity index (χ3v) is 6.39. The van der Waals surface area contributed by atoms with Crippen molar-refractivity contribution in [3.8, 4) is 16.9 Å². The van der Waals surface area contributed by atoms with Crippen molar-refractivity contribution in [3.63, 3.8) is 0 Å². The molecule has 1 N–H and O–H groups in total. The lowest BCUT2D eigenvalue weighted by Crippen LogP contribution is -2.43. The zero-order valence-corrected chi connectivity index (χ0v) is 21.5. The van der Waals surface area contributed by atoms with Gasteiger partial charge >= 0.3 is 0 Å². The van der Waals surface area contributed by atoms with Crippen LogP contribution < -0.4 is 5.32 Å². The van der Waals surface area contributed by atoms with Gasteiger partial charge in [0.25, 0.3) is 0 Å². The molecule has 4 rings (SSSR count). The van der Waals surface area contributed by atoms with Gasteiger partial charge in [0.1, 0.15) is 12.4 Å². The second kappa shape index (κ2) is 11.4. The summed E-state index contributed by atoms with van der Waals surface area (Å²) in [5, 5.41) is 8.43. The van der Waals surface area contributed by atoms with Crippen molar-refractivity contribution in [1.29, 1.82) is 0 Å². The highest BCUT2D eigenvalue weighted by Gasteiger charge is 2.22. The number of carbonyl (C=O) groups excluding carboxylic acids is 2. The van der Waals surface area contributed by atoms with Crippen LogP contribution in [0.4, 0.5) is 5.82 Å². The van der Waals surface area contributed by atoms with Gasteiger partial charge in [-0.05, 0) is 37.6 Å². The van der Waals surface area contributed by atoms with E-state index in [4.69, 9.17) is 28.3 Å². The predicted octanol–water partition coefficient (Wildman–Crippen LogP) is 6.26. The first-order chi connectivity index (χ1) is 17.3. The van der Waals surface area contributed by atoms with Crippen LogP contribution in [0.5, 0.6) is 0 Å². The smallest absolute Gasteiger partial charge is 0.245 e. The van der Waals surface area contributed by atoms with E-state index in [1.807, 2.05) is 74.5 Å². The Morgan fingerprint density at radius 1 is 0.917 bits per heavy atom. The topological polar surface area (TPSA) is 67.2 Å². The molecule has 0 aliphatic heterocycles. The average molecular weight is 521 g/mol. The van der Waals surface area contributed by atoms with E-state index in [-0.39, 0.29) is 30.8 Å². The van der Waals surface area contributed by atoms with E-state index >= 15 is 0 Å². The van der Waals surface area contributed by atoms with Crippen LogP contribution in [-0.4, -0.2) is 39.1 Å². The van der Waals surface area contributed by atoms with Gasteiger partial charge in [-0.3, -0.25) is 9.59 Å². The first-order valence-corrected chi connectivity index (χ1v) is 12.3. The molecule has 0 atom stereocenters. The van der Waals surface area contributed by atoms with Crippen molar-refractivity contribution in [2.24, 2.45) is 0 Å². The number of anilines is 1. The Hall–Kier alpha value is -3.61. The normalized spacial score (nSPS) is 10.9. The lowest BCUT2D eigenvalue weighted by Gasteiger charge is -2.26. The van der Waals surface area contributed by atoms with Crippen LogP contribution in [0.2, 0.25) is 10.0 Å². The minimum atomic E-state index is -0.328. The molecule has 0 radical (unpaired) electrons. The summed E-state index contributed by atoms with van der Waals surface area (Å²) >= 11 is 12.3. The molecule has 0 fully saturated rings. The number of carbonyl (C=O) groups is 2. The molecule has 1 heterocycles. The van der Waals surface area contributed by atoms with E-state index in [0.717, 1.165) is 11.1 Å². The molecule has 0 aliphatic rings. The van der Waals surface area contributed by atoms with Crippen LogP contribution in [0.25, 0.3) is 16.9 Å². The van der Waals surface area contributed by atoms with Gasteiger partial charge in [-0.25, -0.2) is 4.68 Å². The molecular formula is C28H26Cl2N4O2. The maximum Gasteiger partial charge on any atom is 0.245 e. The highest BCUT2D eigenvalue weighted by Crippen LogP contribution is 2.29. The molecule has 0 bridgehead atoms. The number of rotatable bonds is 8. The van der Waals surface area contributed by atoms with Crippen LogP contribution in [0.1, 0.15) is 19.4 Å². The molecule has 36 heavy (non-hydrogen) atoms. The van der Waals surface area contributed by atoms with E-state index in [2.05, 4.69) is 5.32 Å². The number of amides is 2. The number of halogens is 2. The number of benzene rings is 3. The van der Waals surface area contributed by atoms with E-state index in [9.17, 15) is 9.59 Å². The SMILES string of the molecule is CC(C)N(CC(=O)Nc1cc(-c2ccccc2)nn1-c1ccc(Cl)c(Cl)c1)C(=O)Cc1ccccc1. The van der Waals surface area contributed by atoms with Gasteiger partial charge in [-0.2, -0.15) is 5.10 Å². The average Bonchev–Trinajstić information content (AvgIpc) is 3.28. The second-order valence-corrected chi connectivity index (χ2v) is 9.43. The zero-order chi connectivity index (χ0) is 25.7. The standard InChI is InChI=1S/C28H26Cl2N4O2/c1-19(2)33(28(36)15-20-9-5-3-6-10-20)18-27(35)31-26-17-25(21-11-7-4-8-12-21)32-34(26)22-13-14-23(29)24(30)16-22/h3-14,16-17,19H,15,18H2,1-2H3,(H,31,35). The Labute approximate surface area is 220 Å². The van der Waals surface area contributed by atoms with Gasteiger partial charge in [0.15, 0.2) is 0 Å². The van der Waals surface area contributed by atoms with Crippen molar-refractivity contribution in [1.82, 2.24) is 14.7 Å². The Morgan fingerprint density at radius 3 is 2.22 bits per heavy atom. The Kier molecular flexibility index (Phi) is 8.08. The molecule has 0 saturated heterocycles. The fourth-order valence-corrected chi connectivity index (χ4v) is 4.09. The van der Waals surface area contributed by atoms with Gasteiger partial charge in [-0.1, -0.05) is 83.9 Å². The fraction of sp³-hybridized carbons (Fsp3) is 0.179. The van der Waals surface area contributed by atoms with Crippen molar-refractivity contribution < 1.29 is 9.59 Å². The van der Waals surface area contributed by atoms with Crippen molar-refractivity contribution in [3.05, 3.63) is 101 Å². The number of aromatic nitrogens is 2. The first kappa shape index (κ1) is 25.5. The fourth-order valence-electron chi connectivity index (χ4n) is 3.80. The maximum absolute atomic E-state index is 13.1. The lowest BCUT2D eigenvalue weighted by molar-refractivity contribution is -0.135. The molecule has 184 valence electrons. The van der Waals surface area contributed by atoms with Crippen LogP contribution in [0, 0.1) is 0 Å². The second-order valence-electron chi connectivity index (χ2n) is 8.62. The van der Waals surface area contributed by atoms with Crippen LogP contribution in [0.15, 0.2) is 84.9 Å². The third-order valence-electron chi connectivity index (χ3n) is 5.65. The van der Waals surface area contributed by atoms with E-state index < -0.39 is 0 Å². The van der Waals surface area contributed by atoms with Crippen LogP contribution >= 0.6 is 23.2 Å². The summed E-state index contributed by atoms with van der Waals surface area (Å²) < 4.78 is 1.61. The molecule has 0 unspecified atom stereocenters. The molecule has 0 aliphatic carbocycles. The zero-order valence-electron chi connectivity index (χ0n) is 20.0. The summed E-state index contributed by atoms with van der Waals surface area (Å²) in [6.45, 7) is 3.70. The molecule has 0 spiro atoms. The third kappa shape index (κ3) is 6.14. The van der Waals surface area contributed by atoms with Gasteiger partial charge in [0.2, 0.25) is 11.8 Å². The number of hydrogen-bond donors (Lipinski definition) is 1. The Balaban J connectivity index is 1.59. The van der Waals surface area contributed by atoms with Gasteiger partial charge in [-0.15, -0.1) is 0 Å². The van der Waals surface area contributed by atoms with E-state index in [0.29, 0.717) is 27.2 Å². The summed E-state index contributed by atoms with van der Waals surface area (Å²) in [5.74, 6) is 0.0108. The summed E-state index contributed by atoms with van der Waals surface area (Å²) in [4.78, 5) is 27.7. The van der Waals surface area contributed by atoms with Gasteiger partial charge < -0.3 is 10.2 Å². The van der Waals surface area contributed by atoms with E-state index in [1.54, 1.807) is 33.8 Å². The largest absolute Gasteiger partial charge is 0.331 e. The number of hydrogen-bond acceptors (Lipinski definition) is 3. The monoisotopic (exact) mass is 520 g/mol. The highest BCUT2D eigenvalue weighted by molar-refractivity contribution is 6.42. The summed E-state index contributed by atoms with van der Waals surface area (Å²) in [7, 11) is 0. The highest BCUT2D eigenvalue weighted by atomic mass is 35.5. The van der Waals surface area contributed by atoms with E-state index in [1.165, 1.54) is 0 Å². The molecule has 1 aromatic heterocycles. The number of nitrogens with zero attached hydrogens (tertiary/aromatic N) is 3. The molecule has 4 aromatic rings. The van der Waals surface area contributed by atoms with Crippen LogP contribution in [0.3, 0.4) is 0 Å². The first-order valence-electron chi connectivity index (χ1n) is 11.6. The van der Waals surface area contributed by atoms with Gasteiger partial charge in [0, 0.05) is 17.7 Å². The lowest BCUT2D eigenvalue weighted by atomic mass is 10.1. The molecule has 6 nitrogen and oxygen atoms in total. The molecule has 8 heteroatoms. The molecule has 3 aromatic carbocycles. The maximum atomic E-state index is 13.1.